The van der Waals surface area contributed by atoms with Crippen LogP contribution in [0, 0.1) is 6.92 Å². The summed E-state index contributed by atoms with van der Waals surface area (Å²) in [7, 11) is 1.59. The number of rotatable bonds is 8. The largest absolute Gasteiger partial charge is 0.493 e. The summed E-state index contributed by atoms with van der Waals surface area (Å²) in [6.45, 7) is 4.53. The van der Waals surface area contributed by atoms with E-state index in [1.807, 2.05) is 49.4 Å². The molecule has 1 amide bonds. The van der Waals surface area contributed by atoms with Gasteiger partial charge in [0.05, 0.1) is 25.6 Å². The molecule has 1 aromatic heterocycles. The van der Waals surface area contributed by atoms with E-state index < -0.39 is 0 Å². The summed E-state index contributed by atoms with van der Waals surface area (Å²) in [5.41, 5.74) is 8.23. The van der Waals surface area contributed by atoms with E-state index >= 15 is 0 Å². The molecule has 0 bridgehead atoms. The number of nitrogens with zero attached hydrogens (tertiary/aromatic N) is 2. The topological polar surface area (TPSA) is 64.8 Å². The molecule has 3 aromatic carbocycles. The van der Waals surface area contributed by atoms with Crippen LogP contribution in [0.1, 0.15) is 28.5 Å². The van der Waals surface area contributed by atoms with Crippen molar-refractivity contribution in [2.75, 3.05) is 13.7 Å². The lowest BCUT2D eigenvalue weighted by molar-refractivity contribution is 0.0955. The Kier molecular flexibility index (Phi) is 7.08. The summed E-state index contributed by atoms with van der Waals surface area (Å²) >= 11 is 0. The van der Waals surface area contributed by atoms with Gasteiger partial charge in [-0.05, 0) is 79.6 Å². The van der Waals surface area contributed by atoms with Crippen LogP contribution < -0.4 is 14.9 Å². The molecule has 0 aliphatic rings. The van der Waals surface area contributed by atoms with E-state index in [9.17, 15) is 4.79 Å². The van der Waals surface area contributed by atoms with Crippen LogP contribution in [-0.2, 0) is 0 Å². The quantitative estimate of drug-likeness (QED) is 0.278. The lowest BCUT2D eigenvalue weighted by Gasteiger charge is -2.12. The van der Waals surface area contributed by atoms with Gasteiger partial charge in [0.2, 0.25) is 0 Å². The molecule has 4 rings (SSSR count). The Morgan fingerprint density at radius 3 is 2.44 bits per heavy atom. The number of benzene rings is 3. The van der Waals surface area contributed by atoms with Gasteiger partial charge in [-0.1, -0.05) is 30.3 Å². The van der Waals surface area contributed by atoms with Crippen LogP contribution in [0.2, 0.25) is 0 Å². The third-order valence-electron chi connectivity index (χ3n) is 5.40. The van der Waals surface area contributed by atoms with Crippen molar-refractivity contribution in [1.82, 2.24) is 9.99 Å². The Hall–Kier alpha value is -4.32. The predicted octanol–water partition coefficient (Wildman–Crippen LogP) is 5.62. The Morgan fingerprint density at radius 1 is 0.971 bits per heavy atom. The fourth-order valence-electron chi connectivity index (χ4n) is 3.75. The normalized spacial score (nSPS) is 10.9. The first-order valence-corrected chi connectivity index (χ1v) is 11.1. The highest BCUT2D eigenvalue weighted by Gasteiger charge is 2.11. The number of aryl methyl sites for hydroxylation is 1. The van der Waals surface area contributed by atoms with Crippen LogP contribution in [0.15, 0.2) is 90.0 Å². The summed E-state index contributed by atoms with van der Waals surface area (Å²) in [6.07, 6.45) is 1.57. The van der Waals surface area contributed by atoms with Gasteiger partial charge in [0.1, 0.15) is 0 Å². The second-order valence-corrected chi connectivity index (χ2v) is 7.65. The molecule has 0 saturated carbocycles. The lowest BCUT2D eigenvalue weighted by atomic mass is 10.1. The maximum atomic E-state index is 12.6. The minimum absolute atomic E-state index is 0.284. The SMILES string of the molecule is CCOc1ccc(/C=N/NC(=O)c2ccc(-n3c(C)ccc3-c3ccccc3)cc2)cc1OC. The molecule has 0 saturated heterocycles. The third kappa shape index (κ3) is 5.02. The molecule has 0 radical (unpaired) electrons. The maximum Gasteiger partial charge on any atom is 0.271 e. The molecule has 1 N–H and O–H groups in total. The third-order valence-corrected chi connectivity index (χ3v) is 5.40. The van der Waals surface area contributed by atoms with E-state index in [1.165, 1.54) is 0 Å². The van der Waals surface area contributed by atoms with Gasteiger partial charge < -0.3 is 14.0 Å². The van der Waals surface area contributed by atoms with Crippen LogP contribution in [0.25, 0.3) is 16.9 Å². The van der Waals surface area contributed by atoms with Crippen LogP contribution in [0.4, 0.5) is 0 Å². The molecule has 4 aromatic rings. The fourth-order valence-corrected chi connectivity index (χ4v) is 3.75. The molecular weight excluding hydrogens is 426 g/mol. The number of amides is 1. The second kappa shape index (κ2) is 10.5. The zero-order valence-electron chi connectivity index (χ0n) is 19.5. The zero-order valence-corrected chi connectivity index (χ0v) is 19.5. The number of hydrazone groups is 1. The van der Waals surface area contributed by atoms with Crippen molar-refractivity contribution in [1.29, 1.82) is 0 Å². The van der Waals surface area contributed by atoms with E-state index in [1.54, 1.807) is 31.5 Å². The average molecular weight is 454 g/mol. The van der Waals surface area contributed by atoms with Crippen molar-refractivity contribution in [2.24, 2.45) is 5.10 Å². The van der Waals surface area contributed by atoms with Crippen LogP contribution >= 0.6 is 0 Å². The highest BCUT2D eigenvalue weighted by Crippen LogP contribution is 2.28. The standard InChI is InChI=1S/C28H27N3O3/c1-4-34-26-17-11-21(18-27(26)33-3)19-29-30-28(32)23-12-14-24(15-13-23)31-20(2)10-16-25(31)22-8-6-5-7-9-22/h5-19H,4H2,1-3H3,(H,30,32)/b29-19+. The second-order valence-electron chi connectivity index (χ2n) is 7.65. The number of hydrogen-bond donors (Lipinski definition) is 1. The number of methoxy groups -OCH3 is 1. The first-order valence-electron chi connectivity index (χ1n) is 11.1. The highest BCUT2D eigenvalue weighted by molar-refractivity contribution is 5.95. The highest BCUT2D eigenvalue weighted by atomic mass is 16.5. The van der Waals surface area contributed by atoms with Gasteiger partial charge in [-0.15, -0.1) is 0 Å². The van der Waals surface area contributed by atoms with Crippen molar-refractivity contribution in [3.05, 3.63) is 102 Å². The molecule has 0 aliphatic heterocycles. The number of ether oxygens (including phenoxy) is 2. The van der Waals surface area contributed by atoms with Gasteiger partial charge in [0.15, 0.2) is 11.5 Å². The maximum absolute atomic E-state index is 12.6. The minimum atomic E-state index is -0.284. The summed E-state index contributed by atoms with van der Waals surface area (Å²) < 4.78 is 13.0. The monoisotopic (exact) mass is 453 g/mol. The van der Waals surface area contributed by atoms with E-state index in [0.29, 0.717) is 23.7 Å². The van der Waals surface area contributed by atoms with Gasteiger partial charge >= 0.3 is 0 Å². The summed E-state index contributed by atoms with van der Waals surface area (Å²) in [4.78, 5) is 12.6. The Morgan fingerprint density at radius 2 is 1.74 bits per heavy atom. The molecule has 0 fully saturated rings. The number of nitrogens with one attached hydrogen (secondary N) is 1. The van der Waals surface area contributed by atoms with Crippen molar-refractivity contribution in [3.8, 4) is 28.4 Å². The number of aromatic nitrogens is 1. The molecule has 0 unspecified atom stereocenters. The molecule has 1 heterocycles. The molecule has 172 valence electrons. The van der Waals surface area contributed by atoms with Crippen LogP contribution in [0.3, 0.4) is 0 Å². The van der Waals surface area contributed by atoms with E-state index in [0.717, 1.165) is 28.2 Å². The van der Waals surface area contributed by atoms with Crippen molar-refractivity contribution in [2.45, 2.75) is 13.8 Å². The lowest BCUT2D eigenvalue weighted by Crippen LogP contribution is -2.17. The van der Waals surface area contributed by atoms with E-state index in [4.69, 9.17) is 9.47 Å². The fraction of sp³-hybridized carbons (Fsp3) is 0.143. The summed E-state index contributed by atoms with van der Waals surface area (Å²) in [6, 6.07) is 27.4. The van der Waals surface area contributed by atoms with Gasteiger partial charge in [0, 0.05) is 16.9 Å². The molecule has 34 heavy (non-hydrogen) atoms. The summed E-state index contributed by atoms with van der Waals surface area (Å²) in [5, 5.41) is 4.08. The average Bonchev–Trinajstić information content (AvgIpc) is 3.26. The van der Waals surface area contributed by atoms with Gasteiger partial charge in [-0.3, -0.25) is 4.79 Å². The number of hydrogen-bond acceptors (Lipinski definition) is 4. The van der Waals surface area contributed by atoms with Gasteiger partial charge in [-0.2, -0.15) is 5.10 Å². The molecular formula is C28H27N3O3. The molecule has 0 atom stereocenters. The van der Waals surface area contributed by atoms with Crippen LogP contribution in [0.5, 0.6) is 11.5 Å². The van der Waals surface area contributed by atoms with Crippen molar-refractivity contribution in [3.63, 3.8) is 0 Å². The minimum Gasteiger partial charge on any atom is -0.493 e. The Balaban J connectivity index is 1.46. The van der Waals surface area contributed by atoms with E-state index in [2.05, 4.69) is 46.3 Å². The molecule has 6 nitrogen and oxygen atoms in total. The molecule has 0 aliphatic carbocycles. The van der Waals surface area contributed by atoms with E-state index in [-0.39, 0.29) is 5.91 Å². The smallest absolute Gasteiger partial charge is 0.271 e. The number of carbonyl (C=O) groups is 1. The molecule has 6 heteroatoms. The van der Waals surface area contributed by atoms with Crippen LogP contribution in [-0.4, -0.2) is 30.4 Å². The van der Waals surface area contributed by atoms with Crippen molar-refractivity contribution >= 4 is 12.1 Å². The number of carbonyl (C=O) groups excluding carboxylic acids is 1. The predicted molar refractivity (Wildman–Crippen MR) is 135 cm³/mol. The van der Waals surface area contributed by atoms with Crippen molar-refractivity contribution < 1.29 is 14.3 Å². The zero-order chi connectivity index (χ0) is 23.9. The first kappa shape index (κ1) is 22.9. The van der Waals surface area contributed by atoms with Gasteiger partial charge in [-0.25, -0.2) is 5.43 Å². The molecule has 0 spiro atoms. The Bertz CT molecular complexity index is 1290. The Labute approximate surface area is 199 Å². The first-order chi connectivity index (χ1) is 16.6. The summed E-state index contributed by atoms with van der Waals surface area (Å²) in [5.74, 6) is 0.996. The van der Waals surface area contributed by atoms with Gasteiger partial charge in [0.25, 0.3) is 5.91 Å².